The average Bonchev–Trinajstić information content (AvgIpc) is 3.26. The number of aromatic nitrogens is 2. The zero-order valence-electron chi connectivity index (χ0n) is 16.7. The standard InChI is InChI=1S/C19H19F3N6O4/c20-19(21,22)12-2-1-3-13(10-12)26-5-7-27(8-6-26)15-11-14(23-4-9-29)18(28(30)31)17-16(15)24-32-25-17/h1-3,10-11,23,29H,4-9H2. The quantitative estimate of drug-likeness (QED) is 0.430. The van der Waals surface area contributed by atoms with Crippen molar-refractivity contribution in [2.45, 2.75) is 6.18 Å². The first-order chi connectivity index (χ1) is 15.3. The van der Waals surface area contributed by atoms with E-state index in [9.17, 15) is 23.3 Å². The second-order valence-electron chi connectivity index (χ2n) is 7.18. The molecule has 13 heteroatoms. The molecule has 10 nitrogen and oxygen atoms in total. The Morgan fingerprint density at radius 3 is 2.47 bits per heavy atom. The van der Waals surface area contributed by atoms with Gasteiger partial charge in [0, 0.05) is 38.4 Å². The number of hydrogen-bond donors (Lipinski definition) is 2. The Kier molecular flexibility index (Phi) is 5.74. The molecule has 0 aliphatic carbocycles. The van der Waals surface area contributed by atoms with Crippen LogP contribution in [-0.4, -0.2) is 59.7 Å². The molecule has 4 rings (SSSR count). The molecule has 1 aliphatic heterocycles. The number of nitro benzene ring substituents is 1. The van der Waals surface area contributed by atoms with Crippen LogP contribution in [0.2, 0.25) is 0 Å². The van der Waals surface area contributed by atoms with Gasteiger partial charge in [0.1, 0.15) is 5.69 Å². The predicted octanol–water partition coefficient (Wildman–Crippen LogP) is 2.88. The van der Waals surface area contributed by atoms with Gasteiger partial charge in [-0.05, 0) is 34.6 Å². The Hall–Kier alpha value is -3.61. The molecule has 0 spiro atoms. The van der Waals surface area contributed by atoms with Gasteiger partial charge in [-0.3, -0.25) is 10.1 Å². The van der Waals surface area contributed by atoms with Crippen molar-refractivity contribution in [3.63, 3.8) is 0 Å². The first-order valence-electron chi connectivity index (χ1n) is 9.75. The number of nitro groups is 1. The number of aliphatic hydroxyl groups is 1. The van der Waals surface area contributed by atoms with Gasteiger partial charge in [-0.2, -0.15) is 13.2 Å². The SMILES string of the molecule is O=[N+]([O-])c1c(NCCO)cc(N2CCN(c3cccc(C(F)(F)F)c3)CC2)c2nonc12. The van der Waals surface area contributed by atoms with Crippen LogP contribution in [0.5, 0.6) is 0 Å². The van der Waals surface area contributed by atoms with E-state index in [2.05, 4.69) is 15.6 Å². The van der Waals surface area contributed by atoms with Gasteiger partial charge in [0.25, 0.3) is 0 Å². The van der Waals surface area contributed by atoms with Crippen LogP contribution in [0.25, 0.3) is 11.0 Å². The normalized spacial score (nSPS) is 14.8. The van der Waals surface area contributed by atoms with Gasteiger partial charge < -0.3 is 20.2 Å². The molecule has 2 aromatic carbocycles. The lowest BCUT2D eigenvalue weighted by atomic mass is 10.1. The average molecular weight is 452 g/mol. The van der Waals surface area contributed by atoms with Crippen molar-refractivity contribution in [3.8, 4) is 0 Å². The van der Waals surface area contributed by atoms with Crippen LogP contribution in [0.3, 0.4) is 0 Å². The van der Waals surface area contributed by atoms with Crippen molar-refractivity contribution in [2.75, 3.05) is 54.4 Å². The molecule has 0 saturated carbocycles. The number of halogens is 3. The largest absolute Gasteiger partial charge is 0.416 e. The molecule has 170 valence electrons. The van der Waals surface area contributed by atoms with E-state index in [1.54, 1.807) is 12.1 Å². The molecule has 0 atom stereocenters. The van der Waals surface area contributed by atoms with Crippen molar-refractivity contribution >= 4 is 33.8 Å². The van der Waals surface area contributed by atoms with E-state index < -0.39 is 16.7 Å². The maximum absolute atomic E-state index is 13.0. The summed E-state index contributed by atoms with van der Waals surface area (Å²) in [6.07, 6.45) is -4.42. The number of rotatable bonds is 6. The lowest BCUT2D eigenvalue weighted by Gasteiger charge is -2.37. The van der Waals surface area contributed by atoms with Gasteiger partial charge >= 0.3 is 11.9 Å². The van der Waals surface area contributed by atoms with E-state index in [-0.39, 0.29) is 35.6 Å². The zero-order valence-corrected chi connectivity index (χ0v) is 16.7. The summed E-state index contributed by atoms with van der Waals surface area (Å²) < 4.78 is 43.9. The monoisotopic (exact) mass is 452 g/mol. The second-order valence-corrected chi connectivity index (χ2v) is 7.18. The smallest absolute Gasteiger partial charge is 0.395 e. The minimum Gasteiger partial charge on any atom is -0.395 e. The number of hydrogen-bond acceptors (Lipinski definition) is 9. The van der Waals surface area contributed by atoms with Gasteiger partial charge in [0.15, 0.2) is 5.52 Å². The third kappa shape index (κ3) is 4.10. The summed E-state index contributed by atoms with van der Waals surface area (Å²) >= 11 is 0. The highest BCUT2D eigenvalue weighted by Gasteiger charge is 2.32. The molecule has 1 saturated heterocycles. The van der Waals surface area contributed by atoms with Crippen LogP contribution < -0.4 is 15.1 Å². The number of nitrogens with one attached hydrogen (secondary N) is 1. The molecule has 0 amide bonds. The maximum Gasteiger partial charge on any atom is 0.416 e. The summed E-state index contributed by atoms with van der Waals surface area (Å²) in [5.41, 5.74) is 0.385. The van der Waals surface area contributed by atoms with Crippen LogP contribution in [0.4, 0.5) is 35.9 Å². The molecular formula is C19H19F3N6O4. The first kappa shape index (κ1) is 21.6. The molecule has 3 aromatic rings. The summed E-state index contributed by atoms with van der Waals surface area (Å²) in [7, 11) is 0. The number of fused-ring (bicyclic) bond motifs is 1. The van der Waals surface area contributed by atoms with Gasteiger partial charge in [-0.25, -0.2) is 4.63 Å². The highest BCUT2D eigenvalue weighted by atomic mass is 19.4. The summed E-state index contributed by atoms with van der Waals surface area (Å²) in [5, 5.41) is 31.0. The molecular weight excluding hydrogens is 433 g/mol. The summed E-state index contributed by atoms with van der Waals surface area (Å²) in [4.78, 5) is 14.7. The zero-order chi connectivity index (χ0) is 22.9. The molecule has 2 heterocycles. The highest BCUT2D eigenvalue weighted by molar-refractivity contribution is 5.99. The van der Waals surface area contributed by atoms with Gasteiger partial charge in [-0.15, -0.1) is 0 Å². The Labute approximate surface area is 179 Å². The van der Waals surface area contributed by atoms with E-state index in [4.69, 9.17) is 9.74 Å². The molecule has 0 radical (unpaired) electrons. The fourth-order valence-electron chi connectivity index (χ4n) is 3.75. The molecule has 1 fully saturated rings. The number of aliphatic hydroxyl groups excluding tert-OH is 1. The topological polar surface area (TPSA) is 121 Å². The Balaban J connectivity index is 1.60. The second kappa shape index (κ2) is 8.49. The van der Waals surface area contributed by atoms with E-state index in [0.717, 1.165) is 12.1 Å². The molecule has 0 unspecified atom stereocenters. The van der Waals surface area contributed by atoms with Gasteiger partial charge in [-0.1, -0.05) is 6.07 Å². The van der Waals surface area contributed by atoms with E-state index in [1.165, 1.54) is 6.07 Å². The third-order valence-electron chi connectivity index (χ3n) is 5.26. The lowest BCUT2D eigenvalue weighted by Crippen LogP contribution is -2.46. The van der Waals surface area contributed by atoms with E-state index in [0.29, 0.717) is 37.6 Å². The van der Waals surface area contributed by atoms with E-state index in [1.807, 2.05) is 9.80 Å². The molecule has 2 N–H and O–H groups in total. The van der Waals surface area contributed by atoms with E-state index >= 15 is 0 Å². The van der Waals surface area contributed by atoms with Crippen LogP contribution >= 0.6 is 0 Å². The minimum absolute atomic E-state index is 0.0201. The van der Waals surface area contributed by atoms with Crippen LogP contribution in [-0.2, 0) is 6.18 Å². The number of piperazine rings is 1. The third-order valence-corrected chi connectivity index (χ3v) is 5.26. The fourth-order valence-corrected chi connectivity index (χ4v) is 3.75. The Morgan fingerprint density at radius 1 is 1.12 bits per heavy atom. The van der Waals surface area contributed by atoms with Crippen LogP contribution in [0, 0.1) is 10.1 Å². The summed E-state index contributed by atoms with van der Waals surface area (Å²) in [6, 6.07) is 6.72. The summed E-state index contributed by atoms with van der Waals surface area (Å²) in [6.45, 7) is 1.62. The molecule has 32 heavy (non-hydrogen) atoms. The fraction of sp³-hybridized carbons (Fsp3) is 0.368. The first-order valence-corrected chi connectivity index (χ1v) is 9.75. The predicted molar refractivity (Wildman–Crippen MR) is 110 cm³/mol. The number of anilines is 3. The number of nitrogens with zero attached hydrogens (tertiary/aromatic N) is 5. The molecule has 0 bridgehead atoms. The Bertz CT molecular complexity index is 1130. The Morgan fingerprint density at radius 2 is 1.81 bits per heavy atom. The molecule has 1 aromatic heterocycles. The van der Waals surface area contributed by atoms with Gasteiger partial charge in [0.05, 0.1) is 22.8 Å². The number of benzene rings is 2. The van der Waals surface area contributed by atoms with Crippen molar-refractivity contribution in [3.05, 3.63) is 46.0 Å². The van der Waals surface area contributed by atoms with Crippen LogP contribution in [0.15, 0.2) is 35.0 Å². The van der Waals surface area contributed by atoms with Gasteiger partial charge in [0.2, 0.25) is 5.52 Å². The van der Waals surface area contributed by atoms with Crippen molar-refractivity contribution in [1.29, 1.82) is 0 Å². The van der Waals surface area contributed by atoms with Crippen molar-refractivity contribution in [1.82, 2.24) is 10.3 Å². The number of alkyl halides is 3. The lowest BCUT2D eigenvalue weighted by molar-refractivity contribution is -0.382. The molecule has 1 aliphatic rings. The van der Waals surface area contributed by atoms with Crippen molar-refractivity contribution in [2.24, 2.45) is 0 Å². The minimum atomic E-state index is -4.42. The maximum atomic E-state index is 13.0. The highest BCUT2D eigenvalue weighted by Crippen LogP contribution is 2.39. The van der Waals surface area contributed by atoms with Crippen LogP contribution in [0.1, 0.15) is 5.56 Å². The summed E-state index contributed by atoms with van der Waals surface area (Å²) in [5.74, 6) is 0. The van der Waals surface area contributed by atoms with Crippen molar-refractivity contribution < 1.29 is 27.8 Å².